The molecule has 28 heavy (non-hydrogen) atoms. The van der Waals surface area contributed by atoms with E-state index in [2.05, 4.69) is 16.0 Å². The van der Waals surface area contributed by atoms with E-state index in [9.17, 15) is 14.4 Å². The lowest BCUT2D eigenvalue weighted by Crippen LogP contribution is -2.52. The summed E-state index contributed by atoms with van der Waals surface area (Å²) in [6.07, 6.45) is 5.42. The minimum Gasteiger partial charge on any atom is -0.378 e. The fourth-order valence-corrected chi connectivity index (χ4v) is 7.09. The number of imide groups is 1. The van der Waals surface area contributed by atoms with Gasteiger partial charge < -0.3 is 15.0 Å². The molecule has 1 saturated carbocycles. The normalized spacial score (nSPS) is 35.3. The molecule has 4 fully saturated rings. The molecule has 4 amide bonds. The van der Waals surface area contributed by atoms with Crippen molar-refractivity contribution >= 4 is 41.4 Å². The number of thioether (sulfide) groups is 2. The molecule has 3 aliphatic heterocycles. The molecule has 0 radical (unpaired) electrons. The van der Waals surface area contributed by atoms with Gasteiger partial charge in [0.15, 0.2) is 0 Å². The minimum atomic E-state index is -0.382. The molecule has 1 aliphatic carbocycles. The average Bonchev–Trinajstić information content (AvgIpc) is 3.35. The summed E-state index contributed by atoms with van der Waals surface area (Å²) in [5, 5.41) is 9.01. The van der Waals surface area contributed by atoms with Gasteiger partial charge in [0.1, 0.15) is 5.37 Å². The predicted octanol–water partition coefficient (Wildman–Crippen LogP) is 0.724. The number of carbonyl (C=O) groups excluding carboxylic acids is 3. The van der Waals surface area contributed by atoms with Gasteiger partial charge in [-0.3, -0.25) is 20.2 Å². The van der Waals surface area contributed by atoms with Gasteiger partial charge in [0.05, 0.1) is 24.5 Å². The topological polar surface area (TPSA) is 99.8 Å². The summed E-state index contributed by atoms with van der Waals surface area (Å²) in [6.45, 7) is 1.97. The zero-order valence-electron chi connectivity index (χ0n) is 15.9. The van der Waals surface area contributed by atoms with Gasteiger partial charge >= 0.3 is 6.03 Å². The third kappa shape index (κ3) is 4.60. The first kappa shape index (κ1) is 20.3. The first-order chi connectivity index (χ1) is 13.6. The van der Waals surface area contributed by atoms with Crippen LogP contribution in [-0.4, -0.2) is 76.8 Å². The van der Waals surface area contributed by atoms with Crippen molar-refractivity contribution in [3.63, 3.8) is 0 Å². The Balaban J connectivity index is 1.28. The zero-order valence-corrected chi connectivity index (χ0v) is 17.5. The second-order valence-corrected chi connectivity index (χ2v) is 10.3. The molecule has 0 aromatic heterocycles. The molecule has 8 nitrogen and oxygen atoms in total. The van der Waals surface area contributed by atoms with E-state index in [1.807, 2.05) is 0 Å². The van der Waals surface area contributed by atoms with E-state index < -0.39 is 0 Å². The number of morpholine rings is 1. The van der Waals surface area contributed by atoms with E-state index in [-0.39, 0.29) is 34.5 Å². The molecule has 0 aromatic rings. The van der Waals surface area contributed by atoms with E-state index >= 15 is 0 Å². The van der Waals surface area contributed by atoms with Crippen LogP contribution in [0.15, 0.2) is 0 Å². The van der Waals surface area contributed by atoms with Crippen LogP contribution < -0.4 is 16.0 Å². The second kappa shape index (κ2) is 9.23. The molecule has 3 N–H and O–H groups in total. The zero-order chi connectivity index (χ0) is 19.5. The lowest BCUT2D eigenvalue weighted by molar-refractivity contribution is -0.125. The van der Waals surface area contributed by atoms with Crippen molar-refractivity contribution in [2.75, 3.05) is 32.1 Å². The molecule has 0 spiro atoms. The smallest absolute Gasteiger partial charge is 0.324 e. The molecule has 4 aliphatic rings. The number of hydrogen-bond acceptors (Lipinski definition) is 7. The highest BCUT2D eigenvalue weighted by Gasteiger charge is 2.42. The lowest BCUT2D eigenvalue weighted by atomic mass is 9.95. The number of carbonyl (C=O) groups is 3. The Hall–Kier alpha value is -0.970. The summed E-state index contributed by atoms with van der Waals surface area (Å²) in [5.74, 6) is 0.0712. The molecule has 3 saturated heterocycles. The average molecular weight is 429 g/mol. The molecular weight excluding hydrogens is 400 g/mol. The first-order valence-corrected chi connectivity index (χ1v) is 12.1. The number of nitrogens with one attached hydrogen (secondary N) is 3. The van der Waals surface area contributed by atoms with E-state index in [0.29, 0.717) is 44.0 Å². The number of ether oxygens (including phenoxy) is 1. The van der Waals surface area contributed by atoms with Crippen molar-refractivity contribution < 1.29 is 19.1 Å². The summed E-state index contributed by atoms with van der Waals surface area (Å²) in [7, 11) is 0. The maximum atomic E-state index is 12.8. The van der Waals surface area contributed by atoms with E-state index in [1.165, 1.54) is 19.3 Å². The van der Waals surface area contributed by atoms with Gasteiger partial charge in [0.25, 0.3) is 0 Å². The SMILES string of the molecule is O=C(NC1SCCC1C(=O)NC(=O)N1CCOCC1)C1NC2CCCCC2S1. The van der Waals surface area contributed by atoms with Crippen LogP contribution in [0.1, 0.15) is 32.1 Å². The number of amides is 4. The van der Waals surface area contributed by atoms with Crippen LogP contribution in [0.3, 0.4) is 0 Å². The molecule has 0 aromatic carbocycles. The maximum absolute atomic E-state index is 12.8. The van der Waals surface area contributed by atoms with Gasteiger partial charge in [0.2, 0.25) is 11.8 Å². The number of nitrogens with zero attached hydrogens (tertiary/aromatic N) is 1. The quantitative estimate of drug-likeness (QED) is 0.609. The molecular formula is C18H28N4O4S2. The summed E-state index contributed by atoms with van der Waals surface area (Å²) >= 11 is 3.30. The number of fused-ring (bicyclic) bond motifs is 1. The fourth-order valence-electron chi connectivity index (χ4n) is 4.26. The van der Waals surface area contributed by atoms with Crippen molar-refractivity contribution in [3.05, 3.63) is 0 Å². The largest absolute Gasteiger partial charge is 0.378 e. The van der Waals surface area contributed by atoms with Crippen LogP contribution >= 0.6 is 23.5 Å². The highest BCUT2D eigenvalue weighted by Crippen LogP contribution is 2.37. The van der Waals surface area contributed by atoms with Crippen LogP contribution in [0, 0.1) is 5.92 Å². The number of rotatable bonds is 3. The number of urea groups is 1. The van der Waals surface area contributed by atoms with Crippen molar-refractivity contribution in [1.29, 1.82) is 0 Å². The summed E-state index contributed by atoms with van der Waals surface area (Å²) in [5.41, 5.74) is 0. The summed E-state index contributed by atoms with van der Waals surface area (Å²) < 4.78 is 5.23. The van der Waals surface area contributed by atoms with E-state index in [0.717, 1.165) is 12.2 Å². The highest BCUT2D eigenvalue weighted by atomic mass is 32.2. The van der Waals surface area contributed by atoms with Gasteiger partial charge in [-0.1, -0.05) is 12.8 Å². The lowest BCUT2D eigenvalue weighted by Gasteiger charge is -2.27. The second-order valence-electron chi connectivity index (χ2n) is 7.70. The Bertz CT molecular complexity index is 602. The predicted molar refractivity (Wildman–Crippen MR) is 109 cm³/mol. The van der Waals surface area contributed by atoms with Crippen molar-refractivity contribution in [2.24, 2.45) is 5.92 Å². The van der Waals surface area contributed by atoms with Crippen molar-refractivity contribution in [3.8, 4) is 0 Å². The molecule has 5 unspecified atom stereocenters. The molecule has 156 valence electrons. The van der Waals surface area contributed by atoms with Gasteiger partial charge in [-0.25, -0.2) is 4.79 Å². The van der Waals surface area contributed by atoms with Crippen LogP contribution in [-0.2, 0) is 14.3 Å². The third-order valence-corrected chi connectivity index (χ3v) is 8.67. The third-order valence-electron chi connectivity index (χ3n) is 5.86. The van der Waals surface area contributed by atoms with Gasteiger partial charge in [-0.15, -0.1) is 23.5 Å². The van der Waals surface area contributed by atoms with Gasteiger partial charge in [-0.2, -0.15) is 0 Å². The van der Waals surface area contributed by atoms with Gasteiger partial charge in [-0.05, 0) is 25.0 Å². The Morgan fingerprint density at radius 3 is 2.61 bits per heavy atom. The summed E-state index contributed by atoms with van der Waals surface area (Å²) in [4.78, 5) is 39.3. The molecule has 4 rings (SSSR count). The molecule has 10 heteroatoms. The monoisotopic (exact) mass is 428 g/mol. The minimum absolute atomic E-state index is 0.0453. The Morgan fingerprint density at radius 1 is 1.04 bits per heavy atom. The van der Waals surface area contributed by atoms with Crippen LogP contribution in [0.25, 0.3) is 0 Å². The Kier molecular flexibility index (Phi) is 6.70. The van der Waals surface area contributed by atoms with Crippen LogP contribution in [0.5, 0.6) is 0 Å². The number of hydrogen-bond donors (Lipinski definition) is 3. The van der Waals surface area contributed by atoms with E-state index in [4.69, 9.17) is 4.74 Å². The Labute approximate surface area is 173 Å². The first-order valence-electron chi connectivity index (χ1n) is 10.1. The van der Waals surface area contributed by atoms with Crippen LogP contribution in [0.2, 0.25) is 0 Å². The fraction of sp³-hybridized carbons (Fsp3) is 0.833. The van der Waals surface area contributed by atoms with E-state index in [1.54, 1.807) is 28.4 Å². The van der Waals surface area contributed by atoms with Crippen LogP contribution in [0.4, 0.5) is 4.79 Å². The van der Waals surface area contributed by atoms with Gasteiger partial charge in [0, 0.05) is 24.4 Å². The molecule has 3 heterocycles. The highest BCUT2D eigenvalue weighted by molar-refractivity contribution is 8.01. The Morgan fingerprint density at radius 2 is 1.82 bits per heavy atom. The molecule has 0 bridgehead atoms. The molecule has 5 atom stereocenters. The summed E-state index contributed by atoms with van der Waals surface area (Å²) in [6, 6.07) is 0.0586. The maximum Gasteiger partial charge on any atom is 0.324 e. The standard InChI is InChI=1S/C18H28N4O4S2/c23-14(21-18(25)22-6-8-26-9-7-22)11-5-10-27-16(11)20-15(24)17-19-12-3-1-2-4-13(12)28-17/h11-13,16-17,19H,1-10H2,(H,20,24)(H,21,23,25). The van der Waals surface area contributed by atoms with Crippen molar-refractivity contribution in [1.82, 2.24) is 20.9 Å². The van der Waals surface area contributed by atoms with Crippen molar-refractivity contribution in [2.45, 2.75) is 54.1 Å².